The van der Waals surface area contributed by atoms with Crippen LogP contribution in [0.4, 0.5) is 0 Å². The van der Waals surface area contributed by atoms with E-state index in [4.69, 9.17) is 10.00 Å². The third kappa shape index (κ3) is 2.67. The van der Waals surface area contributed by atoms with Crippen molar-refractivity contribution in [3.8, 4) is 6.07 Å². The molecule has 2 unspecified atom stereocenters. The molecule has 0 spiro atoms. The summed E-state index contributed by atoms with van der Waals surface area (Å²) in [6, 6.07) is 1.96. The lowest BCUT2D eigenvalue weighted by molar-refractivity contribution is -0.138. The first-order valence-corrected chi connectivity index (χ1v) is 6.58. The second-order valence-electron chi connectivity index (χ2n) is 3.85. The third-order valence-electron chi connectivity index (χ3n) is 2.74. The van der Waals surface area contributed by atoms with Crippen molar-refractivity contribution in [2.45, 2.75) is 12.1 Å². The van der Waals surface area contributed by atoms with E-state index in [9.17, 15) is 4.79 Å². The summed E-state index contributed by atoms with van der Waals surface area (Å²) in [4.78, 5) is 13.8. The number of amides is 1. The van der Waals surface area contributed by atoms with E-state index in [1.54, 1.807) is 16.7 Å². The quantitative estimate of drug-likeness (QED) is 0.667. The fourth-order valence-electron chi connectivity index (χ4n) is 1.87. The maximum Gasteiger partial charge on any atom is 0.240 e. The van der Waals surface area contributed by atoms with Crippen LogP contribution in [0.2, 0.25) is 0 Å². The van der Waals surface area contributed by atoms with Gasteiger partial charge in [-0.2, -0.15) is 17.0 Å². The van der Waals surface area contributed by atoms with Crippen molar-refractivity contribution < 1.29 is 9.53 Å². The van der Waals surface area contributed by atoms with Gasteiger partial charge in [0.2, 0.25) is 5.91 Å². The SMILES string of the molecule is N#CC1CN(C(=O)C2CSCCN2)CCO1. The molecule has 6 heteroatoms. The number of nitrogens with one attached hydrogen (secondary N) is 1. The average Bonchev–Trinajstić information content (AvgIpc) is 2.39. The number of morpholine rings is 1. The van der Waals surface area contributed by atoms with Crippen molar-refractivity contribution >= 4 is 17.7 Å². The monoisotopic (exact) mass is 241 g/mol. The summed E-state index contributed by atoms with van der Waals surface area (Å²) in [7, 11) is 0. The van der Waals surface area contributed by atoms with Crippen molar-refractivity contribution in [2.24, 2.45) is 0 Å². The Morgan fingerprint density at radius 1 is 1.62 bits per heavy atom. The topological polar surface area (TPSA) is 65.4 Å². The molecular formula is C10H15N3O2S. The summed E-state index contributed by atoms with van der Waals surface area (Å²) < 4.78 is 5.21. The standard InChI is InChI=1S/C10H15N3O2S/c11-5-8-6-13(2-3-15-8)10(14)9-7-16-4-1-12-9/h8-9,12H,1-4,6-7H2. The van der Waals surface area contributed by atoms with Gasteiger partial charge >= 0.3 is 0 Å². The summed E-state index contributed by atoms with van der Waals surface area (Å²) in [5.41, 5.74) is 0. The summed E-state index contributed by atoms with van der Waals surface area (Å²) in [5, 5.41) is 12.0. The second kappa shape index (κ2) is 5.53. The average molecular weight is 241 g/mol. The van der Waals surface area contributed by atoms with E-state index < -0.39 is 6.10 Å². The van der Waals surface area contributed by atoms with Gasteiger partial charge in [-0.05, 0) is 0 Å². The van der Waals surface area contributed by atoms with E-state index in [-0.39, 0.29) is 11.9 Å². The van der Waals surface area contributed by atoms with E-state index in [1.807, 2.05) is 6.07 Å². The highest BCUT2D eigenvalue weighted by Gasteiger charge is 2.30. The molecule has 5 nitrogen and oxygen atoms in total. The molecule has 0 aromatic heterocycles. The zero-order valence-corrected chi connectivity index (χ0v) is 9.83. The van der Waals surface area contributed by atoms with Crippen LogP contribution in [0.15, 0.2) is 0 Å². The van der Waals surface area contributed by atoms with Crippen molar-refractivity contribution in [2.75, 3.05) is 37.7 Å². The Morgan fingerprint density at radius 3 is 3.19 bits per heavy atom. The molecule has 0 aliphatic carbocycles. The first kappa shape index (κ1) is 11.7. The van der Waals surface area contributed by atoms with Gasteiger partial charge in [-0.15, -0.1) is 0 Å². The minimum Gasteiger partial charge on any atom is -0.360 e. The number of ether oxygens (including phenoxy) is 1. The molecule has 16 heavy (non-hydrogen) atoms. The number of nitriles is 1. The number of nitrogens with zero attached hydrogens (tertiary/aromatic N) is 2. The Labute approximate surface area is 99.1 Å². The minimum absolute atomic E-state index is 0.0869. The molecule has 0 bridgehead atoms. The molecule has 2 atom stereocenters. The number of hydrogen-bond acceptors (Lipinski definition) is 5. The van der Waals surface area contributed by atoms with E-state index in [1.165, 1.54) is 0 Å². The molecule has 2 heterocycles. The van der Waals surface area contributed by atoms with Gasteiger partial charge < -0.3 is 15.0 Å². The number of carbonyl (C=O) groups excluding carboxylic acids is 1. The lowest BCUT2D eigenvalue weighted by atomic mass is 10.2. The molecule has 2 aliphatic rings. The minimum atomic E-state index is -0.464. The Hall–Kier alpha value is -0.770. The van der Waals surface area contributed by atoms with E-state index in [2.05, 4.69) is 5.32 Å². The van der Waals surface area contributed by atoms with E-state index >= 15 is 0 Å². The summed E-state index contributed by atoms with van der Waals surface area (Å²) in [6.07, 6.45) is -0.464. The highest BCUT2D eigenvalue weighted by Crippen LogP contribution is 2.12. The predicted octanol–water partition coefficient (Wildman–Crippen LogP) is -0.558. The van der Waals surface area contributed by atoms with Crippen LogP contribution >= 0.6 is 11.8 Å². The van der Waals surface area contributed by atoms with Crippen molar-refractivity contribution in [3.05, 3.63) is 0 Å². The van der Waals surface area contributed by atoms with E-state index in [0.29, 0.717) is 19.7 Å². The number of thioether (sulfide) groups is 1. The van der Waals surface area contributed by atoms with Crippen LogP contribution in [0, 0.1) is 11.3 Å². The van der Waals surface area contributed by atoms with Crippen LogP contribution in [0.25, 0.3) is 0 Å². The van der Waals surface area contributed by atoms with Gasteiger partial charge in [0, 0.05) is 24.6 Å². The second-order valence-corrected chi connectivity index (χ2v) is 5.00. The highest BCUT2D eigenvalue weighted by molar-refractivity contribution is 7.99. The Bertz CT molecular complexity index is 299. The smallest absolute Gasteiger partial charge is 0.240 e. The van der Waals surface area contributed by atoms with Gasteiger partial charge in [0.1, 0.15) is 0 Å². The van der Waals surface area contributed by atoms with Crippen molar-refractivity contribution in [3.63, 3.8) is 0 Å². The molecular weight excluding hydrogens is 226 g/mol. The first-order valence-electron chi connectivity index (χ1n) is 5.42. The van der Waals surface area contributed by atoms with Crippen LogP contribution in [0.5, 0.6) is 0 Å². The van der Waals surface area contributed by atoms with Gasteiger partial charge in [0.25, 0.3) is 0 Å². The Balaban J connectivity index is 1.90. The lowest BCUT2D eigenvalue weighted by Crippen LogP contribution is -2.54. The van der Waals surface area contributed by atoms with Gasteiger partial charge in [-0.25, -0.2) is 0 Å². The Morgan fingerprint density at radius 2 is 2.50 bits per heavy atom. The largest absolute Gasteiger partial charge is 0.360 e. The molecule has 0 aromatic carbocycles. The van der Waals surface area contributed by atoms with Crippen molar-refractivity contribution in [1.82, 2.24) is 10.2 Å². The molecule has 2 rings (SSSR count). The van der Waals surface area contributed by atoms with Crippen LogP contribution in [-0.2, 0) is 9.53 Å². The zero-order valence-electron chi connectivity index (χ0n) is 9.02. The van der Waals surface area contributed by atoms with Gasteiger partial charge in [0.05, 0.1) is 25.3 Å². The fraction of sp³-hybridized carbons (Fsp3) is 0.800. The first-order chi connectivity index (χ1) is 7.81. The molecule has 0 radical (unpaired) electrons. The molecule has 1 N–H and O–H groups in total. The molecule has 2 saturated heterocycles. The summed E-state index contributed by atoms with van der Waals surface area (Å²) in [5.74, 6) is 2.00. The summed E-state index contributed by atoms with van der Waals surface area (Å²) in [6.45, 7) is 2.34. The summed E-state index contributed by atoms with van der Waals surface area (Å²) >= 11 is 1.80. The van der Waals surface area contributed by atoms with Crippen LogP contribution in [0.1, 0.15) is 0 Å². The Kier molecular flexibility index (Phi) is 4.04. The molecule has 88 valence electrons. The molecule has 2 aliphatic heterocycles. The molecule has 0 aromatic rings. The normalized spacial score (nSPS) is 30.8. The molecule has 0 saturated carbocycles. The van der Waals surface area contributed by atoms with Crippen LogP contribution in [-0.4, -0.2) is 60.7 Å². The van der Waals surface area contributed by atoms with Gasteiger partial charge in [-0.3, -0.25) is 4.79 Å². The third-order valence-corrected chi connectivity index (χ3v) is 3.80. The van der Waals surface area contributed by atoms with Crippen molar-refractivity contribution in [1.29, 1.82) is 5.26 Å². The van der Waals surface area contributed by atoms with Crippen LogP contribution < -0.4 is 5.32 Å². The molecule has 2 fully saturated rings. The lowest BCUT2D eigenvalue weighted by Gasteiger charge is -2.33. The predicted molar refractivity (Wildman–Crippen MR) is 61.0 cm³/mol. The number of carbonyl (C=O) groups is 1. The number of rotatable bonds is 1. The fourth-order valence-corrected chi connectivity index (χ4v) is 2.80. The van der Waals surface area contributed by atoms with Gasteiger partial charge in [0.15, 0.2) is 6.10 Å². The maximum absolute atomic E-state index is 12.1. The molecule has 1 amide bonds. The number of hydrogen-bond donors (Lipinski definition) is 1. The van der Waals surface area contributed by atoms with Gasteiger partial charge in [-0.1, -0.05) is 0 Å². The highest BCUT2D eigenvalue weighted by atomic mass is 32.2. The van der Waals surface area contributed by atoms with E-state index in [0.717, 1.165) is 18.1 Å². The van der Waals surface area contributed by atoms with Crippen LogP contribution in [0.3, 0.4) is 0 Å². The zero-order chi connectivity index (χ0) is 11.4. The maximum atomic E-state index is 12.1.